The van der Waals surface area contributed by atoms with Gasteiger partial charge >= 0.3 is 0 Å². The molecule has 0 bridgehead atoms. The van der Waals surface area contributed by atoms with E-state index in [2.05, 4.69) is 35.5 Å². The lowest BCUT2D eigenvalue weighted by atomic mass is 9.95. The Bertz CT molecular complexity index is 721. The molecule has 1 saturated carbocycles. The largest absolute Gasteiger partial charge is 0.382 e. The number of carbonyl (C=O) groups excluding carboxylic acids is 1. The highest BCUT2D eigenvalue weighted by Crippen LogP contribution is 2.25. The Morgan fingerprint density at radius 3 is 2.64 bits per heavy atom. The smallest absolute Gasteiger partial charge is 0.274 e. The van der Waals surface area contributed by atoms with Crippen LogP contribution in [0.5, 0.6) is 0 Å². The van der Waals surface area contributed by atoms with Crippen LogP contribution in [0.15, 0.2) is 42.6 Å². The van der Waals surface area contributed by atoms with Crippen LogP contribution >= 0.6 is 0 Å². The molecule has 0 aliphatic heterocycles. The standard InChI is InChI=1S/C21H27N3O/c1-15(2)18-10-6-7-11-19(18)24-21(25)20-14-17(12-13-22-20)23-16-8-4-3-5-9-16/h6-7,10-16H,3-5,8-9H2,1-2H3,(H,22,23)(H,24,25). The summed E-state index contributed by atoms with van der Waals surface area (Å²) >= 11 is 0. The van der Waals surface area contributed by atoms with Crippen molar-refractivity contribution in [2.75, 3.05) is 10.6 Å². The van der Waals surface area contributed by atoms with Gasteiger partial charge in [0.2, 0.25) is 0 Å². The van der Waals surface area contributed by atoms with Crippen molar-refractivity contribution >= 4 is 17.3 Å². The first-order chi connectivity index (χ1) is 12.1. The normalized spacial score (nSPS) is 15.2. The van der Waals surface area contributed by atoms with Gasteiger partial charge in [0.25, 0.3) is 5.91 Å². The van der Waals surface area contributed by atoms with Crippen molar-refractivity contribution in [3.63, 3.8) is 0 Å². The zero-order chi connectivity index (χ0) is 17.6. The van der Waals surface area contributed by atoms with Gasteiger partial charge in [-0.15, -0.1) is 0 Å². The highest BCUT2D eigenvalue weighted by atomic mass is 16.1. The van der Waals surface area contributed by atoms with Crippen molar-refractivity contribution in [3.8, 4) is 0 Å². The molecule has 4 nitrogen and oxygen atoms in total. The van der Waals surface area contributed by atoms with Gasteiger partial charge in [-0.3, -0.25) is 9.78 Å². The lowest BCUT2D eigenvalue weighted by Crippen LogP contribution is -2.22. The average molecular weight is 337 g/mol. The van der Waals surface area contributed by atoms with Crippen LogP contribution in [0.25, 0.3) is 0 Å². The number of hydrogen-bond donors (Lipinski definition) is 2. The molecule has 3 rings (SSSR count). The number of aromatic nitrogens is 1. The number of carbonyl (C=O) groups is 1. The number of para-hydroxylation sites is 1. The Hall–Kier alpha value is -2.36. The van der Waals surface area contributed by atoms with Crippen LogP contribution in [-0.4, -0.2) is 16.9 Å². The van der Waals surface area contributed by atoms with Crippen LogP contribution in [0.4, 0.5) is 11.4 Å². The summed E-state index contributed by atoms with van der Waals surface area (Å²) in [7, 11) is 0. The van der Waals surface area contributed by atoms with Crippen molar-refractivity contribution in [1.82, 2.24) is 4.98 Å². The highest BCUT2D eigenvalue weighted by molar-refractivity contribution is 6.03. The molecule has 1 fully saturated rings. The van der Waals surface area contributed by atoms with Crippen LogP contribution < -0.4 is 10.6 Å². The van der Waals surface area contributed by atoms with Crippen molar-refractivity contribution in [2.45, 2.75) is 57.9 Å². The number of nitrogens with one attached hydrogen (secondary N) is 2. The molecule has 132 valence electrons. The maximum Gasteiger partial charge on any atom is 0.274 e. The number of benzene rings is 1. The fourth-order valence-electron chi connectivity index (χ4n) is 3.43. The Balaban J connectivity index is 1.71. The van der Waals surface area contributed by atoms with Crippen LogP contribution in [-0.2, 0) is 0 Å². The first kappa shape index (κ1) is 17.5. The predicted molar refractivity (Wildman–Crippen MR) is 103 cm³/mol. The number of nitrogens with zero attached hydrogens (tertiary/aromatic N) is 1. The first-order valence-corrected chi connectivity index (χ1v) is 9.26. The molecule has 0 radical (unpaired) electrons. The third-order valence-corrected chi connectivity index (χ3v) is 4.80. The molecule has 1 amide bonds. The van der Waals surface area contributed by atoms with Gasteiger partial charge in [-0.2, -0.15) is 0 Å². The second-order valence-corrected chi connectivity index (χ2v) is 7.11. The summed E-state index contributed by atoms with van der Waals surface area (Å²) in [6.07, 6.45) is 7.99. The lowest BCUT2D eigenvalue weighted by molar-refractivity contribution is 0.102. The first-order valence-electron chi connectivity index (χ1n) is 9.26. The molecule has 0 atom stereocenters. The molecule has 2 N–H and O–H groups in total. The van der Waals surface area contributed by atoms with Gasteiger partial charge in [-0.1, -0.05) is 51.3 Å². The molecular weight excluding hydrogens is 310 g/mol. The lowest BCUT2D eigenvalue weighted by Gasteiger charge is -2.24. The summed E-state index contributed by atoms with van der Waals surface area (Å²) in [5.41, 5.74) is 3.41. The van der Waals surface area contributed by atoms with Crippen LogP contribution in [0.2, 0.25) is 0 Å². The number of pyridine rings is 1. The van der Waals surface area contributed by atoms with Crippen molar-refractivity contribution in [3.05, 3.63) is 53.9 Å². The Labute approximate surface area is 150 Å². The van der Waals surface area contributed by atoms with Gasteiger partial charge in [0.05, 0.1) is 0 Å². The van der Waals surface area contributed by atoms with Gasteiger partial charge in [0.15, 0.2) is 0 Å². The van der Waals surface area contributed by atoms with E-state index >= 15 is 0 Å². The summed E-state index contributed by atoms with van der Waals surface area (Å²) in [5, 5.41) is 6.56. The van der Waals surface area contributed by atoms with E-state index in [1.807, 2.05) is 30.3 Å². The third kappa shape index (κ3) is 4.59. The topological polar surface area (TPSA) is 54.0 Å². The molecule has 1 heterocycles. The molecule has 2 aromatic rings. The van der Waals surface area contributed by atoms with E-state index in [9.17, 15) is 4.79 Å². The Morgan fingerprint density at radius 1 is 1.12 bits per heavy atom. The minimum absolute atomic E-state index is 0.166. The van der Waals surface area contributed by atoms with Gasteiger partial charge in [-0.25, -0.2) is 0 Å². The molecular formula is C21H27N3O. The maximum atomic E-state index is 12.6. The van der Waals surface area contributed by atoms with E-state index in [-0.39, 0.29) is 5.91 Å². The molecule has 4 heteroatoms. The van der Waals surface area contributed by atoms with E-state index in [0.717, 1.165) is 16.9 Å². The SMILES string of the molecule is CC(C)c1ccccc1NC(=O)c1cc(NC2CCCCC2)ccn1. The molecule has 0 unspecified atom stereocenters. The number of anilines is 2. The van der Waals surface area contributed by atoms with Crippen molar-refractivity contribution < 1.29 is 4.79 Å². The number of amides is 1. The molecule has 1 aliphatic carbocycles. The quantitative estimate of drug-likeness (QED) is 0.788. The van der Waals surface area contributed by atoms with Gasteiger partial charge < -0.3 is 10.6 Å². The second kappa shape index (κ2) is 8.15. The van der Waals surface area contributed by atoms with E-state index in [0.29, 0.717) is 17.7 Å². The molecule has 1 aromatic heterocycles. The average Bonchev–Trinajstić information content (AvgIpc) is 2.63. The summed E-state index contributed by atoms with van der Waals surface area (Å²) < 4.78 is 0. The van der Waals surface area contributed by atoms with Crippen molar-refractivity contribution in [1.29, 1.82) is 0 Å². The summed E-state index contributed by atoms with van der Waals surface area (Å²) in [4.78, 5) is 16.9. The van der Waals surface area contributed by atoms with E-state index in [4.69, 9.17) is 0 Å². The zero-order valence-electron chi connectivity index (χ0n) is 15.1. The predicted octanol–water partition coefficient (Wildman–Crippen LogP) is 5.20. The molecule has 25 heavy (non-hydrogen) atoms. The second-order valence-electron chi connectivity index (χ2n) is 7.11. The minimum Gasteiger partial charge on any atom is -0.382 e. The minimum atomic E-state index is -0.166. The summed E-state index contributed by atoms with van der Waals surface area (Å²) in [6, 6.07) is 12.2. The maximum absolute atomic E-state index is 12.6. The number of rotatable bonds is 5. The summed E-state index contributed by atoms with van der Waals surface area (Å²) in [5.74, 6) is 0.184. The molecule has 0 saturated heterocycles. The third-order valence-electron chi connectivity index (χ3n) is 4.80. The van der Waals surface area contributed by atoms with Crippen molar-refractivity contribution in [2.24, 2.45) is 0 Å². The van der Waals surface area contributed by atoms with Gasteiger partial charge in [-0.05, 0) is 42.5 Å². The molecule has 0 spiro atoms. The zero-order valence-corrected chi connectivity index (χ0v) is 15.1. The monoisotopic (exact) mass is 337 g/mol. The van der Waals surface area contributed by atoms with E-state index in [1.54, 1.807) is 6.20 Å². The van der Waals surface area contributed by atoms with Gasteiger partial charge in [0, 0.05) is 23.6 Å². The fraction of sp³-hybridized carbons (Fsp3) is 0.429. The fourth-order valence-corrected chi connectivity index (χ4v) is 3.43. The van der Waals surface area contributed by atoms with Crippen LogP contribution in [0, 0.1) is 0 Å². The highest BCUT2D eigenvalue weighted by Gasteiger charge is 2.15. The van der Waals surface area contributed by atoms with Gasteiger partial charge in [0.1, 0.15) is 5.69 Å². The Morgan fingerprint density at radius 2 is 1.88 bits per heavy atom. The molecule has 1 aromatic carbocycles. The Kier molecular flexibility index (Phi) is 5.69. The molecule has 1 aliphatic rings. The van der Waals surface area contributed by atoms with E-state index in [1.165, 1.54) is 32.1 Å². The van der Waals surface area contributed by atoms with Crippen LogP contribution in [0.1, 0.15) is 67.9 Å². The van der Waals surface area contributed by atoms with Crippen LogP contribution in [0.3, 0.4) is 0 Å². The van der Waals surface area contributed by atoms with E-state index < -0.39 is 0 Å². The summed E-state index contributed by atoms with van der Waals surface area (Å²) in [6.45, 7) is 4.25. The number of hydrogen-bond acceptors (Lipinski definition) is 3.